The molecular weight excluding hydrogens is 388 g/mol. The second-order valence-electron chi connectivity index (χ2n) is 6.12. The number of halogens is 1. The minimum absolute atomic E-state index is 0.249. The van der Waals surface area contributed by atoms with Crippen molar-refractivity contribution in [1.82, 2.24) is 5.43 Å². The van der Waals surface area contributed by atoms with Gasteiger partial charge in [0.2, 0.25) is 0 Å². The number of nitrogens with one attached hydrogen (secondary N) is 1. The lowest BCUT2D eigenvalue weighted by atomic mass is 10.2. The van der Waals surface area contributed by atoms with Crippen molar-refractivity contribution in [1.29, 1.82) is 0 Å². The van der Waals surface area contributed by atoms with Crippen LogP contribution >= 0.6 is 11.6 Å². The molecule has 1 N–H and O–H groups in total. The maximum Gasteiger partial charge on any atom is 0.271 e. The molecule has 6 heteroatoms. The third kappa shape index (κ3) is 6.66. The highest BCUT2D eigenvalue weighted by molar-refractivity contribution is 6.32. The fraction of sp³-hybridized carbons (Fsp3) is 0.130. The lowest BCUT2D eigenvalue weighted by molar-refractivity contribution is 0.0955. The fourth-order valence-electron chi connectivity index (χ4n) is 2.46. The smallest absolute Gasteiger partial charge is 0.271 e. The number of ether oxygens (including phenoxy) is 2. The summed E-state index contributed by atoms with van der Waals surface area (Å²) in [5.74, 6) is 1.19. The normalized spacial score (nSPS) is 10.7. The summed E-state index contributed by atoms with van der Waals surface area (Å²) in [7, 11) is 0. The molecule has 3 rings (SSSR count). The Morgan fingerprint density at radius 1 is 0.897 bits per heavy atom. The number of hydrogen-bond donors (Lipinski definition) is 1. The van der Waals surface area contributed by atoms with E-state index in [0.717, 1.165) is 17.7 Å². The van der Waals surface area contributed by atoms with Gasteiger partial charge in [-0.2, -0.15) is 5.10 Å². The van der Waals surface area contributed by atoms with Gasteiger partial charge in [-0.1, -0.05) is 41.9 Å². The van der Waals surface area contributed by atoms with Crippen molar-refractivity contribution in [3.8, 4) is 11.5 Å². The number of hydrazone groups is 1. The molecule has 3 aromatic carbocycles. The van der Waals surface area contributed by atoms with Crippen molar-refractivity contribution in [3.63, 3.8) is 0 Å². The van der Waals surface area contributed by atoms with Crippen molar-refractivity contribution < 1.29 is 14.3 Å². The lowest BCUT2D eigenvalue weighted by Gasteiger charge is -2.09. The van der Waals surface area contributed by atoms with Crippen molar-refractivity contribution in [3.05, 3.63) is 95.0 Å². The Hall–Kier alpha value is -3.31. The Morgan fingerprint density at radius 2 is 1.59 bits per heavy atom. The number of carbonyl (C=O) groups is 1. The van der Waals surface area contributed by atoms with Gasteiger partial charge in [0.05, 0.1) is 24.5 Å². The van der Waals surface area contributed by atoms with Gasteiger partial charge in [0, 0.05) is 12.0 Å². The first kappa shape index (κ1) is 20.4. The molecule has 0 saturated heterocycles. The highest BCUT2D eigenvalue weighted by Gasteiger charge is 2.02. The molecule has 0 heterocycles. The van der Waals surface area contributed by atoms with E-state index in [-0.39, 0.29) is 5.91 Å². The van der Waals surface area contributed by atoms with Crippen LogP contribution in [0.1, 0.15) is 22.3 Å². The topological polar surface area (TPSA) is 59.9 Å². The molecule has 0 aromatic heterocycles. The Morgan fingerprint density at radius 3 is 2.34 bits per heavy atom. The molecule has 0 aliphatic carbocycles. The molecule has 0 aliphatic rings. The Bertz CT molecular complexity index is 944. The molecule has 0 bridgehead atoms. The molecule has 1 amide bonds. The summed E-state index contributed by atoms with van der Waals surface area (Å²) in [6.07, 6.45) is 2.32. The van der Waals surface area contributed by atoms with Crippen LogP contribution in [0.2, 0.25) is 5.02 Å². The predicted octanol–water partition coefficient (Wildman–Crippen LogP) is 4.95. The first-order valence-corrected chi connectivity index (χ1v) is 9.59. The molecule has 3 aromatic rings. The zero-order chi connectivity index (χ0) is 20.3. The van der Waals surface area contributed by atoms with Crippen molar-refractivity contribution in [2.75, 3.05) is 13.2 Å². The summed E-state index contributed by atoms with van der Waals surface area (Å²) in [6, 6.07) is 23.8. The van der Waals surface area contributed by atoms with E-state index in [9.17, 15) is 4.79 Å². The summed E-state index contributed by atoms with van der Waals surface area (Å²) in [4.78, 5) is 11.9. The van der Waals surface area contributed by atoms with Gasteiger partial charge in [-0.25, -0.2) is 5.43 Å². The van der Waals surface area contributed by atoms with Crippen LogP contribution in [-0.4, -0.2) is 25.3 Å². The zero-order valence-corrected chi connectivity index (χ0v) is 16.5. The Balaban J connectivity index is 1.37. The molecular formula is C23H21ClN2O3. The molecule has 0 atom stereocenters. The van der Waals surface area contributed by atoms with E-state index in [0.29, 0.717) is 29.5 Å². The van der Waals surface area contributed by atoms with E-state index >= 15 is 0 Å². The van der Waals surface area contributed by atoms with Gasteiger partial charge in [0.1, 0.15) is 11.5 Å². The third-order valence-corrected chi connectivity index (χ3v) is 4.26. The lowest BCUT2D eigenvalue weighted by Crippen LogP contribution is -2.17. The highest BCUT2D eigenvalue weighted by Crippen LogP contribution is 2.23. The molecule has 5 nitrogen and oxygen atoms in total. The number of nitrogens with zero attached hydrogens (tertiary/aromatic N) is 1. The van der Waals surface area contributed by atoms with E-state index in [1.807, 2.05) is 48.5 Å². The SMILES string of the molecule is O=C(NN=Cc1ccc(OCCCOc2ccccc2Cl)cc1)c1ccccc1. The van der Waals surface area contributed by atoms with Crippen LogP contribution in [0.25, 0.3) is 0 Å². The average Bonchev–Trinajstić information content (AvgIpc) is 2.76. The minimum Gasteiger partial charge on any atom is -0.493 e. The standard InChI is InChI=1S/C23H21ClN2O3/c24-21-9-4-5-10-22(21)29-16-6-15-28-20-13-11-18(12-14-20)17-25-26-23(27)19-7-2-1-3-8-19/h1-5,7-14,17H,6,15-16H2,(H,26,27). The molecule has 0 unspecified atom stereocenters. The first-order chi connectivity index (χ1) is 14.2. The second kappa shape index (κ2) is 10.9. The van der Waals surface area contributed by atoms with Crippen molar-refractivity contribution in [2.45, 2.75) is 6.42 Å². The van der Waals surface area contributed by atoms with Crippen LogP contribution in [0.15, 0.2) is 84.0 Å². The van der Waals surface area contributed by atoms with Gasteiger partial charge in [0.15, 0.2) is 0 Å². The van der Waals surface area contributed by atoms with Crippen molar-refractivity contribution >= 4 is 23.7 Å². The molecule has 0 saturated carbocycles. The molecule has 0 fully saturated rings. The molecule has 0 aliphatic heterocycles. The van der Waals surface area contributed by atoms with E-state index in [2.05, 4.69) is 10.5 Å². The second-order valence-corrected chi connectivity index (χ2v) is 6.52. The quantitative estimate of drug-likeness (QED) is 0.309. The van der Waals surface area contributed by atoms with Crippen LogP contribution in [0.5, 0.6) is 11.5 Å². The average molecular weight is 409 g/mol. The first-order valence-electron chi connectivity index (χ1n) is 9.21. The molecule has 29 heavy (non-hydrogen) atoms. The number of hydrogen-bond acceptors (Lipinski definition) is 4. The van der Waals surface area contributed by atoms with Crippen LogP contribution in [0.3, 0.4) is 0 Å². The van der Waals surface area contributed by atoms with Crippen LogP contribution in [0.4, 0.5) is 0 Å². The number of carbonyl (C=O) groups excluding carboxylic acids is 1. The van der Waals surface area contributed by atoms with Crippen LogP contribution in [-0.2, 0) is 0 Å². The third-order valence-electron chi connectivity index (χ3n) is 3.95. The number of benzene rings is 3. The Labute approximate surface area is 174 Å². The van der Waals surface area contributed by atoms with E-state index < -0.39 is 0 Å². The summed E-state index contributed by atoms with van der Waals surface area (Å²) in [5.41, 5.74) is 3.92. The maximum atomic E-state index is 11.9. The largest absolute Gasteiger partial charge is 0.493 e. The summed E-state index contributed by atoms with van der Waals surface area (Å²) in [5, 5.41) is 4.58. The van der Waals surface area contributed by atoms with Gasteiger partial charge in [0.25, 0.3) is 5.91 Å². The predicted molar refractivity (Wildman–Crippen MR) is 115 cm³/mol. The molecule has 0 radical (unpaired) electrons. The minimum atomic E-state index is -0.249. The monoisotopic (exact) mass is 408 g/mol. The van der Waals surface area contributed by atoms with E-state index in [1.165, 1.54) is 0 Å². The van der Waals surface area contributed by atoms with Gasteiger partial charge < -0.3 is 9.47 Å². The molecule has 0 spiro atoms. The van der Waals surface area contributed by atoms with Gasteiger partial charge in [-0.15, -0.1) is 0 Å². The number of amides is 1. The summed E-state index contributed by atoms with van der Waals surface area (Å²) in [6.45, 7) is 1.06. The number of rotatable bonds is 9. The maximum absolute atomic E-state index is 11.9. The molecule has 148 valence electrons. The highest BCUT2D eigenvalue weighted by atomic mass is 35.5. The van der Waals surface area contributed by atoms with E-state index in [1.54, 1.807) is 36.5 Å². The summed E-state index contributed by atoms with van der Waals surface area (Å²) >= 11 is 6.04. The van der Waals surface area contributed by atoms with Gasteiger partial charge in [-0.05, 0) is 54.1 Å². The zero-order valence-electron chi connectivity index (χ0n) is 15.8. The van der Waals surface area contributed by atoms with Crippen LogP contribution < -0.4 is 14.9 Å². The Kier molecular flexibility index (Phi) is 7.66. The van der Waals surface area contributed by atoms with Gasteiger partial charge in [-0.3, -0.25) is 4.79 Å². The number of para-hydroxylation sites is 1. The fourth-order valence-corrected chi connectivity index (χ4v) is 2.65. The van der Waals surface area contributed by atoms with Crippen molar-refractivity contribution in [2.24, 2.45) is 5.10 Å². The van der Waals surface area contributed by atoms with Crippen LogP contribution in [0, 0.1) is 0 Å². The van der Waals surface area contributed by atoms with E-state index in [4.69, 9.17) is 21.1 Å². The van der Waals surface area contributed by atoms with Gasteiger partial charge >= 0.3 is 0 Å². The summed E-state index contributed by atoms with van der Waals surface area (Å²) < 4.78 is 11.3.